The summed E-state index contributed by atoms with van der Waals surface area (Å²) in [7, 11) is 0. The number of nitrogens with zero attached hydrogens (tertiary/aromatic N) is 1. The van der Waals surface area contributed by atoms with Gasteiger partial charge in [0.15, 0.2) is 0 Å². The molecule has 0 unspecified atom stereocenters. The lowest BCUT2D eigenvalue weighted by atomic mass is 9.87. The van der Waals surface area contributed by atoms with E-state index < -0.39 is 0 Å². The van der Waals surface area contributed by atoms with Crippen molar-refractivity contribution in [2.75, 3.05) is 19.7 Å². The molecule has 2 rings (SSSR count). The monoisotopic (exact) mass is 463 g/mol. The first kappa shape index (κ1) is 28.2. The van der Waals surface area contributed by atoms with Crippen LogP contribution in [0.5, 0.6) is 0 Å². The first-order chi connectivity index (χ1) is 16.2. The molecule has 4 nitrogen and oxygen atoms in total. The molecule has 0 bridgehead atoms. The van der Waals surface area contributed by atoms with Crippen molar-refractivity contribution in [2.24, 2.45) is 11.8 Å². The highest BCUT2D eigenvalue weighted by Crippen LogP contribution is 2.28. The second kappa shape index (κ2) is 18.3. The Morgan fingerprint density at radius 1 is 0.636 bits per heavy atom. The summed E-state index contributed by atoms with van der Waals surface area (Å²) in [6.07, 6.45) is 26.0. The molecule has 0 aromatic heterocycles. The molecule has 33 heavy (non-hydrogen) atoms. The zero-order valence-corrected chi connectivity index (χ0v) is 21.8. The highest BCUT2D eigenvalue weighted by atomic mass is 16.5. The van der Waals surface area contributed by atoms with Gasteiger partial charge in [-0.3, -0.25) is 9.59 Å². The van der Waals surface area contributed by atoms with Crippen LogP contribution >= 0.6 is 0 Å². The maximum Gasteiger partial charge on any atom is 0.309 e. The fourth-order valence-electron chi connectivity index (χ4n) is 5.53. The van der Waals surface area contributed by atoms with Gasteiger partial charge in [-0.2, -0.15) is 0 Å². The Balaban J connectivity index is 1.37. The van der Waals surface area contributed by atoms with Gasteiger partial charge in [0.25, 0.3) is 0 Å². The van der Waals surface area contributed by atoms with Crippen LogP contribution in [0.4, 0.5) is 0 Å². The van der Waals surface area contributed by atoms with Crippen LogP contribution in [0.25, 0.3) is 0 Å². The van der Waals surface area contributed by atoms with Crippen molar-refractivity contribution in [1.29, 1.82) is 0 Å². The number of carbonyl (C=O) groups excluding carboxylic acids is 2. The van der Waals surface area contributed by atoms with Crippen molar-refractivity contribution in [3.8, 4) is 0 Å². The second-order valence-electron chi connectivity index (χ2n) is 10.7. The van der Waals surface area contributed by atoms with Gasteiger partial charge in [0.05, 0.1) is 12.5 Å². The van der Waals surface area contributed by atoms with Crippen LogP contribution in [0.3, 0.4) is 0 Å². The van der Waals surface area contributed by atoms with Crippen LogP contribution < -0.4 is 0 Å². The predicted octanol–water partition coefficient (Wildman–Crippen LogP) is 7.83. The lowest BCUT2D eigenvalue weighted by Gasteiger charge is -2.34. The number of piperidine rings is 1. The molecule has 4 heteroatoms. The fraction of sp³-hybridized carbons (Fsp3) is 0.931. The summed E-state index contributed by atoms with van der Waals surface area (Å²) >= 11 is 0. The topological polar surface area (TPSA) is 46.6 Å². The van der Waals surface area contributed by atoms with Crippen LogP contribution in [0, 0.1) is 11.8 Å². The van der Waals surface area contributed by atoms with E-state index in [1.807, 2.05) is 4.90 Å². The third-order valence-electron chi connectivity index (χ3n) is 7.84. The highest BCUT2D eigenvalue weighted by molar-refractivity contribution is 5.79. The SMILES string of the molecule is CCCCCCCCCCCCCCCCOC(=O)C1CCN(C(=O)C2CCCCC2)CC1. The minimum atomic E-state index is -0.0329. The third kappa shape index (κ3) is 12.3. The van der Waals surface area contributed by atoms with E-state index in [2.05, 4.69) is 6.92 Å². The molecular formula is C29H53NO3. The minimum absolute atomic E-state index is 0.00736. The Morgan fingerprint density at radius 2 is 1.12 bits per heavy atom. The Labute approximate surface area is 204 Å². The van der Waals surface area contributed by atoms with Crippen molar-refractivity contribution < 1.29 is 14.3 Å². The zero-order valence-electron chi connectivity index (χ0n) is 21.8. The van der Waals surface area contributed by atoms with Crippen molar-refractivity contribution in [1.82, 2.24) is 4.90 Å². The van der Waals surface area contributed by atoms with Gasteiger partial charge in [-0.1, -0.05) is 110 Å². The van der Waals surface area contributed by atoms with Crippen molar-refractivity contribution in [2.45, 2.75) is 142 Å². The number of carbonyl (C=O) groups is 2. The van der Waals surface area contributed by atoms with E-state index in [4.69, 9.17) is 4.74 Å². The molecule has 2 fully saturated rings. The summed E-state index contributed by atoms with van der Waals surface area (Å²) in [5.41, 5.74) is 0. The van der Waals surface area contributed by atoms with E-state index in [0.29, 0.717) is 12.5 Å². The first-order valence-corrected chi connectivity index (χ1v) is 14.7. The van der Waals surface area contributed by atoms with E-state index in [1.165, 1.54) is 103 Å². The van der Waals surface area contributed by atoms with Gasteiger partial charge in [0.2, 0.25) is 5.91 Å². The molecule has 2 aliphatic rings. The summed E-state index contributed by atoms with van der Waals surface area (Å²) in [6, 6.07) is 0. The molecule has 0 atom stereocenters. The smallest absolute Gasteiger partial charge is 0.309 e. The Morgan fingerprint density at radius 3 is 1.64 bits per heavy atom. The molecule has 0 aromatic rings. The van der Waals surface area contributed by atoms with E-state index in [0.717, 1.165) is 45.2 Å². The van der Waals surface area contributed by atoms with Crippen LogP contribution in [0.1, 0.15) is 142 Å². The average Bonchev–Trinajstić information content (AvgIpc) is 2.86. The van der Waals surface area contributed by atoms with Crippen molar-refractivity contribution >= 4 is 11.9 Å². The molecule has 1 saturated heterocycles. The van der Waals surface area contributed by atoms with Gasteiger partial charge in [-0.15, -0.1) is 0 Å². The Kier molecular flexibility index (Phi) is 15.6. The summed E-state index contributed by atoms with van der Waals surface area (Å²) in [6.45, 7) is 4.31. The molecule has 0 spiro atoms. The normalized spacial score (nSPS) is 17.9. The Hall–Kier alpha value is -1.06. The molecule has 1 aliphatic carbocycles. The van der Waals surface area contributed by atoms with Gasteiger partial charge in [0.1, 0.15) is 0 Å². The number of unbranched alkanes of at least 4 members (excludes halogenated alkanes) is 13. The van der Waals surface area contributed by atoms with Gasteiger partial charge >= 0.3 is 5.97 Å². The highest BCUT2D eigenvalue weighted by Gasteiger charge is 2.31. The van der Waals surface area contributed by atoms with E-state index in [9.17, 15) is 9.59 Å². The molecule has 0 aromatic carbocycles. The molecule has 1 saturated carbocycles. The lowest BCUT2D eigenvalue weighted by molar-refractivity contribution is -0.152. The number of rotatable bonds is 17. The zero-order chi connectivity index (χ0) is 23.6. The molecule has 192 valence electrons. The molecule has 0 N–H and O–H groups in total. The lowest BCUT2D eigenvalue weighted by Crippen LogP contribution is -2.43. The first-order valence-electron chi connectivity index (χ1n) is 14.7. The summed E-state index contributed by atoms with van der Waals surface area (Å²) in [5.74, 6) is 0.535. The number of hydrogen-bond donors (Lipinski definition) is 0. The van der Waals surface area contributed by atoms with Gasteiger partial charge in [0, 0.05) is 19.0 Å². The number of esters is 1. The van der Waals surface area contributed by atoms with Gasteiger partial charge in [-0.05, 0) is 32.1 Å². The second-order valence-corrected chi connectivity index (χ2v) is 10.7. The number of likely N-dealkylation sites (tertiary alicyclic amines) is 1. The minimum Gasteiger partial charge on any atom is -0.465 e. The van der Waals surface area contributed by atoms with E-state index in [1.54, 1.807) is 0 Å². The largest absolute Gasteiger partial charge is 0.465 e. The average molecular weight is 464 g/mol. The van der Waals surface area contributed by atoms with Gasteiger partial charge < -0.3 is 9.64 Å². The number of ether oxygens (including phenoxy) is 1. The van der Waals surface area contributed by atoms with Crippen LogP contribution in [0.15, 0.2) is 0 Å². The van der Waals surface area contributed by atoms with Crippen LogP contribution in [-0.4, -0.2) is 36.5 Å². The fourth-order valence-corrected chi connectivity index (χ4v) is 5.53. The quantitative estimate of drug-likeness (QED) is 0.163. The summed E-state index contributed by atoms with van der Waals surface area (Å²) in [4.78, 5) is 27.1. The molecule has 0 radical (unpaired) electrons. The van der Waals surface area contributed by atoms with Crippen LogP contribution in [0.2, 0.25) is 0 Å². The standard InChI is InChI=1S/C29H53NO3/c1-2-3-4-5-6-7-8-9-10-11-12-13-14-18-25-33-29(32)27-21-23-30(24-22-27)28(31)26-19-16-15-17-20-26/h26-27H,2-25H2,1H3. The summed E-state index contributed by atoms with van der Waals surface area (Å²) < 4.78 is 5.56. The molecular weight excluding hydrogens is 410 g/mol. The van der Waals surface area contributed by atoms with Crippen LogP contribution in [-0.2, 0) is 14.3 Å². The summed E-state index contributed by atoms with van der Waals surface area (Å²) in [5, 5.41) is 0. The molecule has 1 heterocycles. The van der Waals surface area contributed by atoms with Crippen molar-refractivity contribution in [3.63, 3.8) is 0 Å². The Bertz CT molecular complexity index is 507. The van der Waals surface area contributed by atoms with E-state index >= 15 is 0 Å². The maximum atomic E-state index is 12.7. The molecule has 1 amide bonds. The third-order valence-corrected chi connectivity index (χ3v) is 7.84. The van der Waals surface area contributed by atoms with Gasteiger partial charge in [-0.25, -0.2) is 0 Å². The maximum absolute atomic E-state index is 12.7. The predicted molar refractivity (Wildman–Crippen MR) is 137 cm³/mol. The van der Waals surface area contributed by atoms with Crippen molar-refractivity contribution in [3.05, 3.63) is 0 Å². The molecule has 1 aliphatic heterocycles. The van der Waals surface area contributed by atoms with E-state index in [-0.39, 0.29) is 17.8 Å². The number of amides is 1. The number of hydrogen-bond acceptors (Lipinski definition) is 3.